The van der Waals surface area contributed by atoms with Gasteiger partial charge >= 0.3 is 0 Å². The first kappa shape index (κ1) is 45.6. The fourth-order valence-electron chi connectivity index (χ4n) is 11.6. The van der Waals surface area contributed by atoms with Crippen LogP contribution in [0.5, 0.6) is 0 Å². The molecular formula is C68H64N2O2. The maximum absolute atomic E-state index is 6.97. The number of anilines is 6. The van der Waals surface area contributed by atoms with E-state index in [4.69, 9.17) is 8.83 Å². The van der Waals surface area contributed by atoms with Gasteiger partial charge in [0.05, 0.1) is 22.7 Å². The zero-order valence-electron chi connectivity index (χ0n) is 43.9. The van der Waals surface area contributed by atoms with Crippen LogP contribution in [0.15, 0.2) is 167 Å². The Kier molecular flexibility index (Phi) is 10.4. The summed E-state index contributed by atoms with van der Waals surface area (Å²) in [5.41, 5.74) is 17.6. The summed E-state index contributed by atoms with van der Waals surface area (Å²) in [5, 5.41) is 12.0. The van der Waals surface area contributed by atoms with Crippen LogP contribution in [0.2, 0.25) is 0 Å². The summed E-state index contributed by atoms with van der Waals surface area (Å²) in [7, 11) is 0. The van der Waals surface area contributed by atoms with Crippen molar-refractivity contribution in [3.63, 3.8) is 0 Å². The summed E-state index contributed by atoms with van der Waals surface area (Å²) in [6, 6.07) is 58.9. The van der Waals surface area contributed by atoms with Gasteiger partial charge in [-0.2, -0.15) is 0 Å². The molecule has 2 heterocycles. The molecule has 0 aliphatic rings. The van der Waals surface area contributed by atoms with Gasteiger partial charge in [-0.1, -0.05) is 178 Å². The maximum atomic E-state index is 6.97. The minimum Gasteiger partial charge on any atom is -0.454 e. The predicted octanol–water partition coefficient (Wildman–Crippen LogP) is 20.8. The molecule has 12 aromatic rings. The first-order valence-corrected chi connectivity index (χ1v) is 25.9. The van der Waals surface area contributed by atoms with Crippen molar-refractivity contribution < 1.29 is 8.83 Å². The zero-order chi connectivity index (χ0) is 50.1. The molecular weight excluding hydrogens is 877 g/mol. The number of rotatable bonds is 8. The summed E-state index contributed by atoms with van der Waals surface area (Å²) < 4.78 is 13.9. The fourth-order valence-corrected chi connectivity index (χ4v) is 11.6. The van der Waals surface area contributed by atoms with Gasteiger partial charge in [-0.05, 0) is 140 Å². The monoisotopic (exact) mass is 940 g/mol. The first-order valence-electron chi connectivity index (χ1n) is 25.9. The van der Waals surface area contributed by atoms with Gasteiger partial charge in [0.25, 0.3) is 0 Å². The first-order chi connectivity index (χ1) is 34.5. The van der Waals surface area contributed by atoms with E-state index in [0.717, 1.165) is 89.1 Å². The molecule has 0 aliphatic heterocycles. The van der Waals surface area contributed by atoms with Crippen molar-refractivity contribution >= 4 is 110 Å². The minimum absolute atomic E-state index is 0.00134. The van der Waals surface area contributed by atoms with Crippen LogP contribution in [-0.2, 0) is 10.8 Å². The highest BCUT2D eigenvalue weighted by molar-refractivity contribution is 6.30. The number of para-hydroxylation sites is 2. The summed E-state index contributed by atoms with van der Waals surface area (Å²) >= 11 is 0. The molecule has 0 amide bonds. The zero-order valence-corrected chi connectivity index (χ0v) is 43.9. The summed E-state index contributed by atoms with van der Waals surface area (Å²) in [5.74, 6) is 0.466. The molecule has 0 saturated carbocycles. The van der Waals surface area contributed by atoms with Gasteiger partial charge < -0.3 is 18.6 Å². The number of benzene rings is 10. The van der Waals surface area contributed by atoms with E-state index in [9.17, 15) is 0 Å². The van der Waals surface area contributed by atoms with Crippen LogP contribution in [0.1, 0.15) is 114 Å². The molecule has 0 saturated heterocycles. The second-order valence-electron chi connectivity index (χ2n) is 23.0. The molecule has 0 aliphatic carbocycles. The van der Waals surface area contributed by atoms with Crippen LogP contribution in [0.3, 0.4) is 0 Å². The van der Waals surface area contributed by atoms with E-state index in [1.165, 1.54) is 54.6 Å². The largest absolute Gasteiger partial charge is 0.454 e. The predicted molar refractivity (Wildman–Crippen MR) is 309 cm³/mol. The second-order valence-corrected chi connectivity index (χ2v) is 23.0. The Morgan fingerprint density at radius 2 is 0.722 bits per heavy atom. The van der Waals surface area contributed by atoms with Crippen molar-refractivity contribution in [2.75, 3.05) is 9.80 Å². The number of fused-ring (bicyclic) bond motifs is 6. The Hall–Kier alpha value is -7.56. The van der Waals surface area contributed by atoms with Crippen LogP contribution < -0.4 is 9.80 Å². The molecule has 0 N–H and O–H groups in total. The molecule has 4 nitrogen and oxygen atoms in total. The average Bonchev–Trinajstić information content (AvgIpc) is 3.93. The Bertz CT molecular complexity index is 3810. The maximum Gasteiger partial charge on any atom is 0.159 e. The molecule has 0 unspecified atom stereocenters. The van der Waals surface area contributed by atoms with Crippen LogP contribution in [0.4, 0.5) is 34.1 Å². The van der Waals surface area contributed by atoms with Crippen molar-refractivity contribution in [3.8, 4) is 0 Å². The number of hydrogen-bond acceptors (Lipinski definition) is 4. The van der Waals surface area contributed by atoms with Gasteiger partial charge in [0.1, 0.15) is 11.2 Å². The van der Waals surface area contributed by atoms with Gasteiger partial charge in [-0.3, -0.25) is 0 Å². The standard InChI is InChI=1S/C68H64N2O2/c1-39(2)55-37-57(69(45-27-23-43(24-28-45)67(7,8)9)63-41(5)21-31-51-47-17-13-15-19-59(47)71-65(51)63)53-36-34-50-56(40(3)4)38-58(54-35-33-49(55)61(53)62(50)54)70(46-29-25-44(26-30-46)68(10,11)12)64-42(6)22-32-52-48-18-14-16-20-60(48)72-66(52)64/h13-40H,1-12H3. The molecule has 0 radical (unpaired) electrons. The highest BCUT2D eigenvalue weighted by Crippen LogP contribution is 2.54. The third kappa shape index (κ3) is 7.08. The molecule has 0 spiro atoms. The van der Waals surface area contributed by atoms with Crippen LogP contribution in [-0.4, -0.2) is 0 Å². The molecule has 0 atom stereocenters. The Balaban J connectivity index is 1.21. The fraction of sp³-hybridized carbons (Fsp3) is 0.235. The highest BCUT2D eigenvalue weighted by atomic mass is 16.3. The van der Waals surface area contributed by atoms with Crippen LogP contribution >= 0.6 is 0 Å². The summed E-state index contributed by atoms with van der Waals surface area (Å²) in [6.45, 7) is 27.5. The van der Waals surface area contributed by atoms with Crippen molar-refractivity contribution in [1.82, 2.24) is 0 Å². The Morgan fingerprint density at radius 1 is 0.375 bits per heavy atom. The van der Waals surface area contributed by atoms with E-state index in [1.807, 2.05) is 0 Å². The lowest BCUT2D eigenvalue weighted by molar-refractivity contribution is 0.590. The number of aryl methyl sites for hydroxylation is 2. The van der Waals surface area contributed by atoms with Crippen molar-refractivity contribution in [2.45, 2.75) is 106 Å². The van der Waals surface area contributed by atoms with Gasteiger partial charge in [0, 0.05) is 43.7 Å². The highest BCUT2D eigenvalue weighted by Gasteiger charge is 2.30. The van der Waals surface area contributed by atoms with E-state index in [-0.39, 0.29) is 22.7 Å². The molecule has 0 fully saturated rings. The summed E-state index contributed by atoms with van der Waals surface area (Å²) in [4.78, 5) is 5.01. The summed E-state index contributed by atoms with van der Waals surface area (Å²) in [6.07, 6.45) is 0. The van der Waals surface area contributed by atoms with E-state index in [1.54, 1.807) is 0 Å². The van der Waals surface area contributed by atoms with Crippen LogP contribution in [0, 0.1) is 13.8 Å². The van der Waals surface area contributed by atoms with E-state index in [0.29, 0.717) is 0 Å². The van der Waals surface area contributed by atoms with Gasteiger partial charge in [-0.15, -0.1) is 0 Å². The normalized spacial score (nSPS) is 12.7. The lowest BCUT2D eigenvalue weighted by atomic mass is 9.83. The number of hydrogen-bond donors (Lipinski definition) is 0. The quantitative estimate of drug-likeness (QED) is 0.142. The third-order valence-electron chi connectivity index (χ3n) is 15.5. The van der Waals surface area contributed by atoms with E-state index in [2.05, 4.69) is 251 Å². The van der Waals surface area contributed by atoms with E-state index < -0.39 is 0 Å². The van der Waals surface area contributed by atoms with Gasteiger partial charge in [0.15, 0.2) is 11.2 Å². The van der Waals surface area contributed by atoms with Gasteiger partial charge in [0.2, 0.25) is 0 Å². The minimum atomic E-state index is -0.00134. The lowest BCUT2D eigenvalue weighted by Gasteiger charge is -2.33. The lowest BCUT2D eigenvalue weighted by Crippen LogP contribution is -2.16. The number of furan rings is 2. The molecule has 12 rings (SSSR count). The SMILES string of the molecule is Cc1ccc2c(oc3ccccc32)c1N(c1ccc(C(C)(C)C)cc1)c1cc(C(C)C)c2ccc3c(N(c4ccc(C(C)(C)C)cc4)c4c(C)ccc5c4oc4ccccc45)cc(C(C)C)c4ccc1c2c43. The molecule has 4 heteroatoms. The average molecular weight is 941 g/mol. The third-order valence-corrected chi connectivity index (χ3v) is 15.5. The van der Waals surface area contributed by atoms with Gasteiger partial charge in [-0.25, -0.2) is 0 Å². The van der Waals surface area contributed by atoms with E-state index >= 15 is 0 Å². The van der Waals surface area contributed by atoms with Crippen molar-refractivity contribution in [1.29, 1.82) is 0 Å². The Labute approximate surface area is 423 Å². The molecule has 0 bridgehead atoms. The van der Waals surface area contributed by atoms with Crippen LogP contribution in [0.25, 0.3) is 76.2 Å². The second kappa shape index (κ2) is 16.5. The molecule has 10 aromatic carbocycles. The number of nitrogens with zero attached hydrogens (tertiary/aromatic N) is 2. The molecule has 2 aromatic heterocycles. The van der Waals surface area contributed by atoms with Crippen molar-refractivity contribution in [3.05, 3.63) is 191 Å². The van der Waals surface area contributed by atoms with Crippen molar-refractivity contribution in [2.24, 2.45) is 0 Å². The topological polar surface area (TPSA) is 32.8 Å². The Morgan fingerprint density at radius 3 is 1.08 bits per heavy atom. The molecule has 72 heavy (non-hydrogen) atoms. The molecule has 358 valence electrons. The smallest absolute Gasteiger partial charge is 0.159 e.